The van der Waals surface area contributed by atoms with E-state index < -0.39 is 22.0 Å². The Hall–Kier alpha value is -1.49. The number of carbonyl (C=O) groups is 2. The van der Waals surface area contributed by atoms with E-state index in [9.17, 15) is 18.0 Å². The highest BCUT2D eigenvalue weighted by Crippen LogP contribution is 2.16. The number of sulfonamides is 1. The molecule has 0 aromatic heterocycles. The molecule has 0 heterocycles. The molecule has 28 heavy (non-hydrogen) atoms. The molecular formula is C18H28BrN3O5S. The lowest BCUT2D eigenvalue weighted by molar-refractivity contribution is -0.136. The smallest absolute Gasteiger partial charge is 0.241 e. The first kappa shape index (κ1) is 24.5. The van der Waals surface area contributed by atoms with Crippen LogP contribution in [0.5, 0.6) is 0 Å². The highest BCUT2D eigenvalue weighted by atomic mass is 79.9. The van der Waals surface area contributed by atoms with E-state index in [2.05, 4.69) is 26.0 Å². The maximum absolute atomic E-state index is 12.8. The molecule has 0 aliphatic heterocycles. The standard InChI is InChI=1S/C18H28BrN3O5S/c1-13(2)17(21-28(25,26)15-8-6-14(19)7-9-15)18(24)22(3)12-16(23)20-10-5-11-27-4/h6-9,13,17,21H,5,10-12H2,1-4H3,(H,20,23)/t17-/m0/s1. The first-order valence-corrected chi connectivity index (χ1v) is 11.1. The van der Waals surface area contributed by atoms with Crippen molar-refractivity contribution < 1.29 is 22.7 Å². The van der Waals surface area contributed by atoms with Gasteiger partial charge < -0.3 is 15.0 Å². The van der Waals surface area contributed by atoms with Gasteiger partial charge >= 0.3 is 0 Å². The molecule has 0 saturated carbocycles. The second-order valence-electron chi connectivity index (χ2n) is 6.69. The summed E-state index contributed by atoms with van der Waals surface area (Å²) >= 11 is 3.26. The lowest BCUT2D eigenvalue weighted by Gasteiger charge is -2.26. The summed E-state index contributed by atoms with van der Waals surface area (Å²) < 4.78 is 33.4. The number of benzene rings is 1. The fourth-order valence-corrected chi connectivity index (χ4v) is 3.95. The number of halogens is 1. The van der Waals surface area contributed by atoms with E-state index >= 15 is 0 Å². The zero-order valence-corrected chi connectivity index (χ0v) is 19.0. The number of carbonyl (C=O) groups excluding carboxylic acids is 2. The summed E-state index contributed by atoms with van der Waals surface area (Å²) in [6, 6.07) is 5.14. The fourth-order valence-electron chi connectivity index (χ4n) is 2.35. The monoisotopic (exact) mass is 477 g/mol. The van der Waals surface area contributed by atoms with Gasteiger partial charge in [0.1, 0.15) is 6.04 Å². The number of nitrogens with one attached hydrogen (secondary N) is 2. The fraction of sp³-hybridized carbons (Fsp3) is 0.556. The van der Waals surface area contributed by atoms with E-state index in [-0.39, 0.29) is 23.3 Å². The topological polar surface area (TPSA) is 105 Å². The Balaban J connectivity index is 2.77. The van der Waals surface area contributed by atoms with Crippen LogP contribution < -0.4 is 10.0 Å². The second kappa shape index (κ2) is 11.5. The molecule has 2 N–H and O–H groups in total. The predicted molar refractivity (Wildman–Crippen MR) is 110 cm³/mol. The average Bonchev–Trinajstić information content (AvgIpc) is 2.63. The van der Waals surface area contributed by atoms with E-state index in [1.165, 1.54) is 24.1 Å². The molecule has 0 aliphatic rings. The van der Waals surface area contributed by atoms with Gasteiger partial charge in [-0.2, -0.15) is 4.72 Å². The van der Waals surface area contributed by atoms with Crippen molar-refractivity contribution in [3.8, 4) is 0 Å². The molecule has 0 radical (unpaired) electrons. The summed E-state index contributed by atoms with van der Waals surface area (Å²) in [4.78, 5) is 26.0. The van der Waals surface area contributed by atoms with Gasteiger partial charge in [0.25, 0.3) is 0 Å². The van der Waals surface area contributed by atoms with Gasteiger partial charge in [0, 0.05) is 31.8 Å². The van der Waals surface area contributed by atoms with Crippen LogP contribution >= 0.6 is 15.9 Å². The van der Waals surface area contributed by atoms with Gasteiger partial charge in [0.15, 0.2) is 0 Å². The van der Waals surface area contributed by atoms with E-state index in [1.807, 2.05) is 0 Å². The highest BCUT2D eigenvalue weighted by molar-refractivity contribution is 9.10. The lowest BCUT2D eigenvalue weighted by atomic mass is 10.0. The first-order valence-electron chi connectivity index (χ1n) is 8.87. The summed E-state index contributed by atoms with van der Waals surface area (Å²) in [6.07, 6.45) is 0.668. The molecule has 0 saturated heterocycles. The van der Waals surface area contributed by atoms with Crippen LogP contribution in [0.4, 0.5) is 0 Å². The Morgan fingerprint density at radius 1 is 1.21 bits per heavy atom. The third kappa shape index (κ3) is 7.86. The molecule has 8 nitrogen and oxygen atoms in total. The molecule has 1 rings (SSSR count). The molecule has 0 aliphatic carbocycles. The SMILES string of the molecule is COCCCNC(=O)CN(C)C(=O)[C@@H](NS(=O)(=O)c1ccc(Br)cc1)C(C)C. The summed E-state index contributed by atoms with van der Waals surface area (Å²) in [7, 11) is -0.830. The number of ether oxygens (including phenoxy) is 1. The highest BCUT2D eigenvalue weighted by Gasteiger charge is 2.31. The average molecular weight is 478 g/mol. The number of nitrogens with zero attached hydrogens (tertiary/aromatic N) is 1. The lowest BCUT2D eigenvalue weighted by Crippen LogP contribution is -2.51. The normalized spacial score (nSPS) is 12.6. The zero-order valence-electron chi connectivity index (χ0n) is 16.6. The van der Waals surface area contributed by atoms with Gasteiger partial charge in [-0.25, -0.2) is 8.42 Å². The maximum atomic E-state index is 12.8. The van der Waals surface area contributed by atoms with Crippen molar-refractivity contribution in [2.24, 2.45) is 5.92 Å². The third-order valence-electron chi connectivity index (χ3n) is 3.94. The number of rotatable bonds is 11. The first-order chi connectivity index (χ1) is 13.1. The van der Waals surface area contributed by atoms with Crippen molar-refractivity contribution in [2.75, 3.05) is 33.9 Å². The number of hydrogen-bond acceptors (Lipinski definition) is 5. The molecular weight excluding hydrogens is 450 g/mol. The largest absolute Gasteiger partial charge is 0.385 e. The predicted octanol–water partition coefficient (Wildman–Crippen LogP) is 1.36. The van der Waals surface area contributed by atoms with Crippen molar-refractivity contribution in [1.29, 1.82) is 0 Å². The molecule has 0 fully saturated rings. The minimum Gasteiger partial charge on any atom is -0.385 e. The number of hydrogen-bond donors (Lipinski definition) is 2. The molecule has 1 aromatic carbocycles. The number of methoxy groups -OCH3 is 1. The quantitative estimate of drug-likeness (QED) is 0.468. The van der Waals surface area contributed by atoms with Crippen LogP contribution in [0.25, 0.3) is 0 Å². The summed E-state index contributed by atoms with van der Waals surface area (Å²) in [5.74, 6) is -1.09. The minimum absolute atomic E-state index is 0.0627. The minimum atomic E-state index is -3.88. The summed E-state index contributed by atoms with van der Waals surface area (Å²) in [5.41, 5.74) is 0. The molecule has 0 spiro atoms. The van der Waals surface area contributed by atoms with Gasteiger partial charge in [-0.3, -0.25) is 9.59 Å². The molecule has 2 amide bonds. The molecule has 10 heteroatoms. The Bertz CT molecular complexity index is 753. The maximum Gasteiger partial charge on any atom is 0.241 e. The van der Waals surface area contributed by atoms with Gasteiger partial charge in [-0.15, -0.1) is 0 Å². The second-order valence-corrected chi connectivity index (χ2v) is 9.32. The van der Waals surface area contributed by atoms with Crippen molar-refractivity contribution in [3.63, 3.8) is 0 Å². The Morgan fingerprint density at radius 3 is 2.36 bits per heavy atom. The number of amides is 2. The van der Waals surface area contributed by atoms with Crippen molar-refractivity contribution in [2.45, 2.75) is 31.2 Å². The Labute approximate surface area is 175 Å². The van der Waals surface area contributed by atoms with Crippen LogP contribution in [0.1, 0.15) is 20.3 Å². The van der Waals surface area contributed by atoms with Crippen LogP contribution in [0.2, 0.25) is 0 Å². The van der Waals surface area contributed by atoms with Gasteiger partial charge in [0.2, 0.25) is 21.8 Å². The van der Waals surface area contributed by atoms with Gasteiger partial charge in [-0.05, 0) is 36.6 Å². The summed E-state index contributed by atoms with van der Waals surface area (Å²) in [5, 5.41) is 2.69. The van der Waals surface area contributed by atoms with E-state index in [0.29, 0.717) is 19.6 Å². The Kier molecular flexibility index (Phi) is 10.1. The zero-order chi connectivity index (χ0) is 21.3. The van der Waals surface area contributed by atoms with E-state index in [1.54, 1.807) is 33.1 Å². The molecule has 158 valence electrons. The van der Waals surface area contributed by atoms with Crippen molar-refractivity contribution in [1.82, 2.24) is 14.9 Å². The van der Waals surface area contributed by atoms with Crippen LogP contribution in [0.3, 0.4) is 0 Å². The van der Waals surface area contributed by atoms with E-state index in [4.69, 9.17) is 4.74 Å². The number of likely N-dealkylation sites (N-methyl/N-ethyl adjacent to an activating group) is 1. The van der Waals surface area contributed by atoms with Crippen LogP contribution in [-0.4, -0.2) is 65.0 Å². The van der Waals surface area contributed by atoms with Crippen molar-refractivity contribution >= 4 is 37.8 Å². The van der Waals surface area contributed by atoms with Crippen LogP contribution in [0.15, 0.2) is 33.6 Å². The molecule has 0 bridgehead atoms. The van der Waals surface area contributed by atoms with Gasteiger partial charge in [-0.1, -0.05) is 29.8 Å². The van der Waals surface area contributed by atoms with E-state index in [0.717, 1.165) is 4.47 Å². The molecule has 1 aromatic rings. The van der Waals surface area contributed by atoms with Crippen molar-refractivity contribution in [3.05, 3.63) is 28.7 Å². The third-order valence-corrected chi connectivity index (χ3v) is 5.93. The van der Waals surface area contributed by atoms with Crippen LogP contribution in [0, 0.1) is 5.92 Å². The summed E-state index contributed by atoms with van der Waals surface area (Å²) in [6.45, 7) is 4.30. The Morgan fingerprint density at radius 2 is 1.82 bits per heavy atom. The van der Waals surface area contributed by atoms with Gasteiger partial charge in [0.05, 0.1) is 11.4 Å². The van der Waals surface area contributed by atoms with Crippen LogP contribution in [-0.2, 0) is 24.3 Å². The molecule has 1 atom stereocenters. The molecule has 0 unspecified atom stereocenters.